The highest BCUT2D eigenvalue weighted by atomic mass is 127. The van der Waals surface area contributed by atoms with Gasteiger partial charge in [0.1, 0.15) is 6.10 Å². The predicted molar refractivity (Wildman–Crippen MR) is 115 cm³/mol. The first kappa shape index (κ1) is 19.9. The molecule has 2 rings (SSSR count). The summed E-state index contributed by atoms with van der Waals surface area (Å²) in [6.45, 7) is 3.85. The Balaban J connectivity index is 2.51. The highest BCUT2D eigenvalue weighted by Crippen LogP contribution is 2.39. The lowest BCUT2D eigenvalue weighted by Crippen LogP contribution is -2.37. The molecule has 0 aromatic heterocycles. The maximum Gasteiger partial charge on any atom is 0.168 e. The molecule has 130 valence electrons. The van der Waals surface area contributed by atoms with E-state index < -0.39 is 24.3 Å². The van der Waals surface area contributed by atoms with Crippen molar-refractivity contribution < 1.29 is 13.5 Å². The first-order valence-electron chi connectivity index (χ1n) is 7.32. The van der Waals surface area contributed by atoms with Gasteiger partial charge in [-0.2, -0.15) is 0 Å². The Morgan fingerprint density at radius 3 is 2.29 bits per heavy atom. The third-order valence-electron chi connectivity index (χ3n) is 3.74. The molecule has 0 aliphatic rings. The summed E-state index contributed by atoms with van der Waals surface area (Å²) in [7, 11) is -2.67. The van der Waals surface area contributed by atoms with Gasteiger partial charge in [0.15, 0.2) is 10.7 Å². The number of benzene rings is 2. The monoisotopic (exact) mass is 571 g/mol. The quantitative estimate of drug-likeness (QED) is 0.278. The highest BCUT2D eigenvalue weighted by molar-refractivity contribution is 14.2. The summed E-state index contributed by atoms with van der Waals surface area (Å²) in [5.41, 5.74) is 2.58. The average Bonchev–Trinajstić information content (AvgIpc) is 2.52. The third-order valence-corrected chi connectivity index (χ3v) is 5.72. The summed E-state index contributed by atoms with van der Waals surface area (Å²) in [4.78, 5) is 0.251. The number of hydrogen-bond donors (Lipinski definition) is 3. The van der Waals surface area contributed by atoms with Crippen LogP contribution in [0.25, 0.3) is 0 Å². The van der Waals surface area contributed by atoms with E-state index in [1.54, 1.807) is 18.2 Å². The highest BCUT2D eigenvalue weighted by Gasteiger charge is 2.35. The van der Waals surface area contributed by atoms with E-state index in [0.29, 0.717) is 0 Å². The molecule has 0 heterocycles. The zero-order chi connectivity index (χ0) is 17.9. The molecule has 2 aromatic carbocycles. The molecular formula is C17H19I2NO3S. The van der Waals surface area contributed by atoms with Crippen LogP contribution in [0.15, 0.2) is 53.4 Å². The standard InChI is InChI=1S/C17H19I2NO3S/c1-11-8-9-13(24(22)23)10-14(11)15(16(21)17(2,18)19)20-12-6-4-3-5-7-12/h3-10,15-16,20-21,24H,1-2H3/t15-,16+/m1/s1. The number of halogens is 2. The van der Waals surface area contributed by atoms with Crippen LogP contribution in [0.4, 0.5) is 5.69 Å². The van der Waals surface area contributed by atoms with Gasteiger partial charge in [-0.15, -0.1) is 0 Å². The molecule has 24 heavy (non-hydrogen) atoms. The molecule has 2 aromatic rings. The number of aliphatic hydroxyl groups is 1. The Morgan fingerprint density at radius 1 is 1.12 bits per heavy atom. The fourth-order valence-corrected chi connectivity index (χ4v) is 3.57. The van der Waals surface area contributed by atoms with E-state index in [4.69, 9.17) is 0 Å². The van der Waals surface area contributed by atoms with Gasteiger partial charge < -0.3 is 10.4 Å². The topological polar surface area (TPSA) is 66.4 Å². The van der Waals surface area contributed by atoms with Gasteiger partial charge in [-0.1, -0.05) is 69.4 Å². The predicted octanol–water partition coefficient (Wildman–Crippen LogP) is 4.07. The van der Waals surface area contributed by atoms with Gasteiger partial charge in [0.2, 0.25) is 0 Å². The van der Waals surface area contributed by atoms with Crippen molar-refractivity contribution >= 4 is 61.6 Å². The van der Waals surface area contributed by atoms with Crippen LogP contribution in [0.1, 0.15) is 24.1 Å². The number of aliphatic hydroxyl groups excluding tert-OH is 1. The van der Waals surface area contributed by atoms with E-state index in [9.17, 15) is 13.5 Å². The van der Waals surface area contributed by atoms with Crippen molar-refractivity contribution in [3.63, 3.8) is 0 Å². The van der Waals surface area contributed by atoms with Gasteiger partial charge in [0.05, 0.1) is 12.4 Å². The zero-order valence-corrected chi connectivity index (χ0v) is 18.4. The summed E-state index contributed by atoms with van der Waals surface area (Å²) in [6.07, 6.45) is -0.725. The summed E-state index contributed by atoms with van der Waals surface area (Å²) < 4.78 is 22.3. The van der Waals surface area contributed by atoms with Gasteiger partial charge >= 0.3 is 0 Å². The lowest BCUT2D eigenvalue weighted by molar-refractivity contribution is 0.153. The molecule has 0 saturated carbocycles. The second kappa shape index (κ2) is 8.33. The van der Waals surface area contributed by atoms with Crippen LogP contribution in [0.5, 0.6) is 0 Å². The molecule has 0 radical (unpaired) electrons. The Kier molecular flexibility index (Phi) is 6.91. The SMILES string of the molecule is Cc1ccc([SH](=O)=O)cc1[C@@H](Nc1ccccc1)[C@H](O)C(C)(I)I. The van der Waals surface area contributed by atoms with E-state index in [0.717, 1.165) is 16.8 Å². The molecule has 4 nitrogen and oxygen atoms in total. The van der Waals surface area contributed by atoms with E-state index in [1.807, 2.05) is 44.2 Å². The number of thiol groups is 1. The summed E-state index contributed by atoms with van der Waals surface area (Å²) in [5.74, 6) is 0. The summed E-state index contributed by atoms with van der Waals surface area (Å²) in [5, 5.41) is 14.2. The molecule has 0 aliphatic heterocycles. The van der Waals surface area contributed by atoms with Crippen molar-refractivity contribution in [2.45, 2.75) is 32.3 Å². The van der Waals surface area contributed by atoms with Crippen molar-refractivity contribution in [1.29, 1.82) is 0 Å². The second-order valence-electron chi connectivity index (χ2n) is 5.69. The lowest BCUT2D eigenvalue weighted by atomic mass is 9.95. The van der Waals surface area contributed by atoms with E-state index in [-0.39, 0.29) is 4.90 Å². The number of para-hydroxylation sites is 1. The maximum atomic E-state index is 11.4. The number of hydrogen-bond acceptors (Lipinski definition) is 4. The van der Waals surface area contributed by atoms with Crippen LogP contribution >= 0.6 is 45.2 Å². The summed E-state index contributed by atoms with van der Waals surface area (Å²) >= 11 is 4.40. The van der Waals surface area contributed by atoms with Crippen LogP contribution < -0.4 is 5.32 Å². The molecule has 0 bridgehead atoms. The molecule has 0 aliphatic carbocycles. The van der Waals surface area contributed by atoms with Crippen LogP contribution in [0.3, 0.4) is 0 Å². The minimum Gasteiger partial charge on any atom is -0.388 e. The van der Waals surface area contributed by atoms with Gasteiger partial charge in [0.25, 0.3) is 0 Å². The number of rotatable bonds is 6. The molecule has 0 unspecified atom stereocenters. The van der Waals surface area contributed by atoms with E-state index >= 15 is 0 Å². The van der Waals surface area contributed by atoms with Crippen molar-refractivity contribution in [3.8, 4) is 0 Å². The van der Waals surface area contributed by atoms with Crippen molar-refractivity contribution in [2.24, 2.45) is 0 Å². The lowest BCUT2D eigenvalue weighted by Gasteiger charge is -2.33. The molecule has 2 atom stereocenters. The van der Waals surface area contributed by atoms with Gasteiger partial charge in [0, 0.05) is 5.69 Å². The molecule has 0 amide bonds. The van der Waals surface area contributed by atoms with Gasteiger partial charge in [-0.25, -0.2) is 8.42 Å². The maximum absolute atomic E-state index is 11.4. The first-order valence-corrected chi connectivity index (χ1v) is 10.7. The smallest absolute Gasteiger partial charge is 0.168 e. The molecule has 2 N–H and O–H groups in total. The third kappa shape index (κ3) is 5.06. The van der Waals surface area contributed by atoms with E-state index in [2.05, 4.69) is 50.5 Å². The number of nitrogens with one attached hydrogen (secondary N) is 1. The van der Waals surface area contributed by atoms with Crippen LogP contribution in [0.2, 0.25) is 0 Å². The van der Waals surface area contributed by atoms with Crippen LogP contribution in [0, 0.1) is 6.92 Å². The van der Waals surface area contributed by atoms with Crippen molar-refractivity contribution in [3.05, 3.63) is 59.7 Å². The first-order chi connectivity index (χ1) is 11.2. The number of aryl methyl sites for hydroxylation is 1. The van der Waals surface area contributed by atoms with E-state index in [1.165, 1.54) is 0 Å². The average molecular weight is 571 g/mol. The molecule has 0 spiro atoms. The van der Waals surface area contributed by atoms with Gasteiger partial charge in [-0.05, 0) is 49.2 Å². The largest absolute Gasteiger partial charge is 0.388 e. The second-order valence-corrected chi connectivity index (χ2v) is 13.3. The minimum atomic E-state index is -2.67. The fraction of sp³-hybridized carbons (Fsp3) is 0.294. The Labute approximate surface area is 171 Å². The Bertz CT molecular complexity index is 765. The Morgan fingerprint density at radius 2 is 1.75 bits per heavy atom. The fourth-order valence-electron chi connectivity index (χ4n) is 2.41. The number of anilines is 1. The van der Waals surface area contributed by atoms with Gasteiger partial charge in [-0.3, -0.25) is 0 Å². The molecule has 0 saturated heterocycles. The van der Waals surface area contributed by atoms with Crippen LogP contribution in [-0.2, 0) is 10.7 Å². The molecule has 7 heteroatoms. The Hall–Kier alpha value is -0.390. The van der Waals surface area contributed by atoms with Crippen LogP contribution in [-0.4, -0.2) is 21.1 Å². The molecule has 0 fully saturated rings. The van der Waals surface area contributed by atoms with Crippen molar-refractivity contribution in [2.75, 3.05) is 5.32 Å². The van der Waals surface area contributed by atoms with Crippen molar-refractivity contribution in [1.82, 2.24) is 0 Å². The minimum absolute atomic E-state index is 0.251. The molecular weight excluding hydrogens is 552 g/mol. The number of alkyl halides is 2. The zero-order valence-electron chi connectivity index (χ0n) is 13.2. The normalized spacial score (nSPS) is 14.4. The summed E-state index contributed by atoms with van der Waals surface area (Å²) in [6, 6.07) is 14.2.